The van der Waals surface area contributed by atoms with E-state index in [-0.39, 0.29) is 16.0 Å². The van der Waals surface area contributed by atoms with Crippen molar-refractivity contribution in [3.63, 3.8) is 0 Å². The summed E-state index contributed by atoms with van der Waals surface area (Å²) in [5, 5.41) is 11.4. The Morgan fingerprint density at radius 1 is 1.30 bits per heavy atom. The van der Waals surface area contributed by atoms with E-state index >= 15 is 0 Å². The average molecular weight is 300 g/mol. The summed E-state index contributed by atoms with van der Waals surface area (Å²) in [6, 6.07) is 4.83. The number of benzene rings is 1. The van der Waals surface area contributed by atoms with Gasteiger partial charge in [-0.1, -0.05) is 11.6 Å². The number of pyridine rings is 1. The molecule has 0 spiro atoms. The zero-order valence-corrected chi connectivity index (χ0v) is 10.9. The lowest BCUT2D eigenvalue weighted by atomic mass is 10.1. The van der Waals surface area contributed by atoms with Gasteiger partial charge in [-0.05, 0) is 24.3 Å². The van der Waals surface area contributed by atoms with Gasteiger partial charge in [0.1, 0.15) is 16.4 Å². The molecule has 1 aromatic carbocycles. The zero-order chi connectivity index (χ0) is 14.9. The van der Waals surface area contributed by atoms with Gasteiger partial charge < -0.3 is 9.94 Å². The fourth-order valence-electron chi connectivity index (χ4n) is 1.70. The van der Waals surface area contributed by atoms with Crippen LogP contribution in [0.1, 0.15) is 10.4 Å². The van der Waals surface area contributed by atoms with E-state index in [1.165, 1.54) is 12.1 Å². The van der Waals surface area contributed by atoms with Crippen molar-refractivity contribution in [2.24, 2.45) is 0 Å². The lowest BCUT2D eigenvalue weighted by Gasteiger charge is -2.10. The second-order valence-corrected chi connectivity index (χ2v) is 4.22. The number of rotatable bonds is 2. The molecule has 0 bridgehead atoms. The molecule has 0 saturated carbocycles. The third-order valence-electron chi connectivity index (χ3n) is 2.62. The van der Waals surface area contributed by atoms with Gasteiger partial charge in [0.25, 0.3) is 0 Å². The highest BCUT2D eigenvalue weighted by Gasteiger charge is 2.27. The summed E-state index contributed by atoms with van der Waals surface area (Å²) in [6.07, 6.45) is 0.566. The molecular weight excluding hydrogens is 292 g/mol. The lowest BCUT2D eigenvalue weighted by molar-refractivity contribution is -0.595. The number of hydrogen-bond acceptors (Lipinski definition) is 3. The molecule has 1 heterocycles. The molecule has 0 radical (unpaired) electrons. The van der Waals surface area contributed by atoms with Crippen LogP contribution < -0.4 is 4.73 Å². The molecule has 20 heavy (non-hydrogen) atoms. The highest BCUT2D eigenvalue weighted by atomic mass is 35.5. The van der Waals surface area contributed by atoms with Crippen LogP contribution in [0.2, 0.25) is 5.02 Å². The highest BCUT2D eigenvalue weighted by Crippen LogP contribution is 2.29. The highest BCUT2D eigenvalue weighted by molar-refractivity contribution is 6.35. The van der Waals surface area contributed by atoms with Crippen molar-refractivity contribution in [1.29, 1.82) is 0 Å². The van der Waals surface area contributed by atoms with Crippen LogP contribution in [0.3, 0.4) is 0 Å². The Bertz CT molecular complexity index is 674. The van der Waals surface area contributed by atoms with Crippen molar-refractivity contribution in [1.82, 2.24) is 0 Å². The van der Waals surface area contributed by atoms with Gasteiger partial charge in [0.15, 0.2) is 0 Å². The van der Waals surface area contributed by atoms with E-state index in [1.807, 2.05) is 0 Å². The maximum Gasteiger partial charge on any atom is 0.342 e. The molecule has 7 heteroatoms. The molecule has 0 amide bonds. The smallest absolute Gasteiger partial charge is 0.342 e. The first-order valence-electron chi connectivity index (χ1n) is 5.41. The monoisotopic (exact) mass is 299 g/mol. The zero-order valence-electron chi connectivity index (χ0n) is 10.2. The number of nitrogens with zero attached hydrogens (tertiary/aromatic N) is 1. The minimum atomic E-state index is -1.09. The minimum absolute atomic E-state index is 0.159. The first-order chi connectivity index (χ1) is 9.45. The van der Waals surface area contributed by atoms with E-state index in [2.05, 4.69) is 4.74 Å². The Kier molecular flexibility index (Phi) is 3.85. The molecule has 0 saturated heterocycles. The molecule has 0 N–H and O–H groups in total. The largest absolute Gasteiger partial charge is 0.618 e. The molecule has 0 atom stereocenters. The van der Waals surface area contributed by atoms with E-state index in [1.54, 1.807) is 0 Å². The molecule has 0 unspecified atom stereocenters. The van der Waals surface area contributed by atoms with Crippen molar-refractivity contribution < 1.29 is 23.0 Å². The topological polar surface area (TPSA) is 53.2 Å². The van der Waals surface area contributed by atoms with Crippen LogP contribution in [0.4, 0.5) is 8.78 Å². The van der Waals surface area contributed by atoms with Gasteiger partial charge in [-0.15, -0.1) is 0 Å². The standard InChI is InChI=1S/C13H8ClF2NO3/c1-20-13(18)10-9(16)6-17(19)12(11(10)14)7-2-4-8(15)5-3-7/h2-6H,1H3. The summed E-state index contributed by atoms with van der Waals surface area (Å²) >= 11 is 5.91. The van der Waals surface area contributed by atoms with Crippen molar-refractivity contribution in [2.75, 3.05) is 7.11 Å². The fraction of sp³-hybridized carbons (Fsp3) is 0.0769. The fourth-order valence-corrected chi connectivity index (χ4v) is 2.06. The quantitative estimate of drug-likeness (QED) is 0.487. The number of methoxy groups -OCH3 is 1. The third-order valence-corrected chi connectivity index (χ3v) is 2.99. The molecule has 1 aromatic heterocycles. The molecule has 2 rings (SSSR count). The maximum absolute atomic E-state index is 13.6. The summed E-state index contributed by atoms with van der Waals surface area (Å²) in [6.45, 7) is 0. The predicted octanol–water partition coefficient (Wildman–Crippen LogP) is 2.71. The van der Waals surface area contributed by atoms with E-state index in [4.69, 9.17) is 11.6 Å². The molecule has 0 aliphatic carbocycles. The Morgan fingerprint density at radius 2 is 1.90 bits per heavy atom. The number of ether oxygens (including phenoxy) is 1. The van der Waals surface area contributed by atoms with Gasteiger partial charge in [0.05, 0.1) is 7.11 Å². The predicted molar refractivity (Wildman–Crippen MR) is 67.1 cm³/mol. The van der Waals surface area contributed by atoms with E-state index in [0.717, 1.165) is 19.2 Å². The molecular formula is C13H8ClF2NO3. The summed E-state index contributed by atoms with van der Waals surface area (Å²) < 4.78 is 31.1. The van der Waals surface area contributed by atoms with Gasteiger partial charge in [-0.2, -0.15) is 9.12 Å². The Labute approximate surface area is 117 Å². The van der Waals surface area contributed by atoms with Crippen LogP contribution in [-0.4, -0.2) is 13.1 Å². The molecule has 0 aliphatic heterocycles. The summed E-state index contributed by atoms with van der Waals surface area (Å²) in [7, 11) is 1.06. The number of esters is 1. The number of carbonyl (C=O) groups excluding carboxylic acids is 1. The summed E-state index contributed by atoms with van der Waals surface area (Å²) in [5.41, 5.74) is -0.453. The van der Waals surface area contributed by atoms with Crippen molar-refractivity contribution >= 4 is 17.6 Å². The molecule has 0 aliphatic rings. The number of hydrogen-bond donors (Lipinski definition) is 0. The van der Waals surface area contributed by atoms with E-state index < -0.39 is 28.2 Å². The molecule has 4 nitrogen and oxygen atoms in total. The van der Waals surface area contributed by atoms with Crippen molar-refractivity contribution in [3.8, 4) is 11.3 Å². The first-order valence-corrected chi connectivity index (χ1v) is 5.79. The van der Waals surface area contributed by atoms with Gasteiger partial charge in [0, 0.05) is 5.56 Å². The van der Waals surface area contributed by atoms with Gasteiger partial charge in [-0.3, -0.25) is 0 Å². The maximum atomic E-state index is 13.6. The van der Waals surface area contributed by atoms with E-state index in [9.17, 15) is 18.8 Å². The lowest BCUT2D eigenvalue weighted by Crippen LogP contribution is -2.31. The Balaban J connectivity index is 2.70. The van der Waals surface area contributed by atoms with Crippen LogP contribution >= 0.6 is 11.6 Å². The third kappa shape index (κ3) is 2.42. The van der Waals surface area contributed by atoms with Crippen LogP contribution in [0.5, 0.6) is 0 Å². The molecule has 104 valence electrons. The van der Waals surface area contributed by atoms with Crippen LogP contribution in [-0.2, 0) is 4.74 Å². The van der Waals surface area contributed by atoms with Gasteiger partial charge in [-0.25, -0.2) is 9.18 Å². The van der Waals surface area contributed by atoms with E-state index in [0.29, 0.717) is 6.20 Å². The van der Waals surface area contributed by atoms with Crippen LogP contribution in [0.15, 0.2) is 30.5 Å². The number of carbonyl (C=O) groups is 1. The summed E-state index contributed by atoms with van der Waals surface area (Å²) in [4.78, 5) is 11.5. The van der Waals surface area contributed by atoms with Crippen LogP contribution in [0, 0.1) is 16.8 Å². The Hall–Kier alpha value is -2.21. The normalized spacial score (nSPS) is 10.4. The van der Waals surface area contributed by atoms with Gasteiger partial charge >= 0.3 is 5.97 Å². The molecule has 2 aromatic rings. The van der Waals surface area contributed by atoms with Crippen molar-refractivity contribution in [2.45, 2.75) is 0 Å². The van der Waals surface area contributed by atoms with Crippen LogP contribution in [0.25, 0.3) is 11.3 Å². The SMILES string of the molecule is COC(=O)c1c(F)c[n+]([O-])c(-c2ccc(F)cc2)c1Cl. The summed E-state index contributed by atoms with van der Waals surface area (Å²) in [5.74, 6) is -2.60. The second-order valence-electron chi connectivity index (χ2n) is 3.84. The Morgan fingerprint density at radius 3 is 2.45 bits per heavy atom. The second kappa shape index (κ2) is 5.42. The molecule has 0 fully saturated rings. The van der Waals surface area contributed by atoms with Crippen molar-refractivity contribution in [3.05, 3.63) is 57.9 Å². The number of aromatic nitrogens is 1. The first kappa shape index (κ1) is 14.2. The minimum Gasteiger partial charge on any atom is -0.618 e. The van der Waals surface area contributed by atoms with Gasteiger partial charge in [0.2, 0.25) is 17.7 Å². The number of halogens is 3. The average Bonchev–Trinajstić information content (AvgIpc) is 2.40.